The summed E-state index contributed by atoms with van der Waals surface area (Å²) in [6.07, 6.45) is 4.93. The topological polar surface area (TPSA) is 56.7 Å². The van der Waals surface area contributed by atoms with Crippen LogP contribution in [0.1, 0.15) is 6.92 Å². The second kappa shape index (κ2) is 8.84. The van der Waals surface area contributed by atoms with Gasteiger partial charge in [-0.3, -0.25) is 0 Å². The first-order valence-electron chi connectivity index (χ1n) is 6.48. The van der Waals surface area contributed by atoms with Crippen molar-refractivity contribution in [3.8, 4) is 0 Å². The first kappa shape index (κ1) is 17.7. The van der Waals surface area contributed by atoms with Crippen molar-refractivity contribution >= 4 is 29.5 Å². The first-order valence-corrected chi connectivity index (χ1v) is 6.86. The molecular formula is C15H18ClFN4O. The van der Waals surface area contributed by atoms with E-state index in [0.717, 1.165) is 0 Å². The average Bonchev–Trinajstić information content (AvgIpc) is 2.45. The lowest BCUT2D eigenvalue weighted by atomic mass is 10.2. The average molecular weight is 325 g/mol. The number of allylic oxidation sites excluding steroid dienone is 3. The number of nitrogens with zero attached hydrogens (tertiary/aromatic N) is 2. The maximum atomic E-state index is 12.7. The van der Waals surface area contributed by atoms with E-state index in [1.165, 1.54) is 30.5 Å². The first-order chi connectivity index (χ1) is 10.4. The quantitative estimate of drug-likeness (QED) is 0.494. The van der Waals surface area contributed by atoms with E-state index >= 15 is 0 Å². The Kier molecular flexibility index (Phi) is 7.12. The maximum absolute atomic E-state index is 12.7. The van der Waals surface area contributed by atoms with Crippen LogP contribution in [-0.2, 0) is 0 Å². The van der Waals surface area contributed by atoms with Crippen molar-refractivity contribution in [2.45, 2.75) is 6.92 Å². The molecule has 1 aromatic rings. The normalized spacial score (nSPS) is 12.4. The maximum Gasteiger partial charge on any atom is 0.339 e. The highest BCUT2D eigenvalue weighted by molar-refractivity contribution is 6.34. The van der Waals surface area contributed by atoms with Crippen LogP contribution in [0.5, 0.6) is 0 Å². The lowest BCUT2D eigenvalue weighted by Gasteiger charge is -2.07. The van der Waals surface area contributed by atoms with E-state index in [0.29, 0.717) is 16.3 Å². The summed E-state index contributed by atoms with van der Waals surface area (Å²) in [5.41, 5.74) is 3.43. The molecule has 22 heavy (non-hydrogen) atoms. The van der Waals surface area contributed by atoms with Crippen LogP contribution >= 0.6 is 11.6 Å². The summed E-state index contributed by atoms with van der Waals surface area (Å²) >= 11 is 6.10. The molecular weight excluding hydrogens is 307 g/mol. The minimum Gasteiger partial charge on any atom is -0.382 e. The number of hydrazone groups is 1. The Hall–Kier alpha value is -2.34. The van der Waals surface area contributed by atoms with Crippen LogP contribution < -0.4 is 10.7 Å². The summed E-state index contributed by atoms with van der Waals surface area (Å²) in [4.78, 5) is 13.4. The van der Waals surface area contributed by atoms with Crippen LogP contribution in [0.25, 0.3) is 0 Å². The van der Waals surface area contributed by atoms with Gasteiger partial charge in [0.15, 0.2) is 0 Å². The summed E-state index contributed by atoms with van der Waals surface area (Å²) in [5.74, 6) is -0.371. The zero-order chi connectivity index (χ0) is 16.5. The molecule has 1 rings (SSSR count). The highest BCUT2D eigenvalue weighted by Crippen LogP contribution is 2.13. The van der Waals surface area contributed by atoms with Gasteiger partial charge in [0, 0.05) is 31.6 Å². The Labute approximate surface area is 134 Å². The third-order valence-corrected chi connectivity index (χ3v) is 2.75. The highest BCUT2D eigenvalue weighted by atomic mass is 35.5. The number of rotatable bonds is 5. The van der Waals surface area contributed by atoms with E-state index in [-0.39, 0.29) is 5.82 Å². The van der Waals surface area contributed by atoms with Gasteiger partial charge >= 0.3 is 6.03 Å². The minimum absolute atomic E-state index is 0.371. The van der Waals surface area contributed by atoms with Crippen molar-refractivity contribution in [2.75, 3.05) is 19.4 Å². The molecule has 118 valence electrons. The zero-order valence-electron chi connectivity index (χ0n) is 12.6. The largest absolute Gasteiger partial charge is 0.382 e. The van der Waals surface area contributed by atoms with E-state index in [1.807, 2.05) is 21.0 Å². The summed E-state index contributed by atoms with van der Waals surface area (Å²) in [6.45, 7) is 1.81. The van der Waals surface area contributed by atoms with Gasteiger partial charge in [-0.2, -0.15) is 5.10 Å². The number of nitrogens with one attached hydrogen (secondary N) is 2. The Bertz CT molecular complexity index is 594. The van der Waals surface area contributed by atoms with Gasteiger partial charge < -0.3 is 10.2 Å². The molecule has 0 unspecified atom stereocenters. The number of hydrogen-bond acceptors (Lipinski definition) is 3. The lowest BCUT2D eigenvalue weighted by molar-refractivity contribution is 0.252. The van der Waals surface area contributed by atoms with Gasteiger partial charge in [0.05, 0.1) is 11.2 Å². The van der Waals surface area contributed by atoms with Gasteiger partial charge in [-0.25, -0.2) is 14.6 Å². The standard InChI is InChI=1S/C15H18ClFN4O/c1-4-11(14(16)10-21(2)3)9-18-20-15(22)19-13-7-5-12(17)6-8-13/h4-10H,1-3H3,(H2,19,20,22)/b11-4-,14-10+,18-9+. The van der Waals surface area contributed by atoms with Gasteiger partial charge in [0.2, 0.25) is 0 Å². The minimum atomic E-state index is -0.536. The number of hydrogen-bond donors (Lipinski definition) is 2. The van der Waals surface area contributed by atoms with Crippen LogP contribution in [0.4, 0.5) is 14.9 Å². The Morgan fingerprint density at radius 3 is 2.50 bits per heavy atom. The second-order valence-corrected chi connectivity index (χ2v) is 4.92. The number of amides is 2. The number of benzene rings is 1. The van der Waals surface area contributed by atoms with Crippen LogP contribution in [0.2, 0.25) is 0 Å². The molecule has 0 radical (unpaired) electrons. The molecule has 0 spiro atoms. The Morgan fingerprint density at radius 2 is 1.95 bits per heavy atom. The molecule has 1 aromatic carbocycles. The molecule has 0 aliphatic carbocycles. The second-order valence-electron chi connectivity index (χ2n) is 4.52. The van der Waals surface area contributed by atoms with Crippen molar-refractivity contribution in [1.82, 2.24) is 10.3 Å². The van der Waals surface area contributed by atoms with Crippen LogP contribution in [0, 0.1) is 5.82 Å². The molecule has 0 bridgehead atoms. The number of carbonyl (C=O) groups excluding carboxylic acids is 1. The predicted octanol–water partition coefficient (Wildman–Crippen LogP) is 3.52. The fraction of sp³-hybridized carbons (Fsp3) is 0.200. The van der Waals surface area contributed by atoms with E-state index in [1.54, 1.807) is 17.2 Å². The van der Waals surface area contributed by atoms with Gasteiger partial charge in [0.25, 0.3) is 0 Å². The molecule has 2 amide bonds. The number of anilines is 1. The molecule has 7 heteroatoms. The van der Waals surface area contributed by atoms with E-state index in [2.05, 4.69) is 15.8 Å². The molecule has 2 N–H and O–H groups in total. The predicted molar refractivity (Wildman–Crippen MR) is 88.4 cm³/mol. The smallest absolute Gasteiger partial charge is 0.339 e. The van der Waals surface area contributed by atoms with Crippen molar-refractivity contribution in [3.63, 3.8) is 0 Å². The Balaban J connectivity index is 2.57. The lowest BCUT2D eigenvalue weighted by Crippen LogP contribution is -2.24. The SMILES string of the molecule is C/C=C(/C=N/NC(=O)Nc1ccc(F)cc1)C(\Cl)=C/N(C)C. The summed E-state index contributed by atoms with van der Waals surface area (Å²) in [6, 6.07) is 4.87. The van der Waals surface area contributed by atoms with Crippen molar-refractivity contribution in [1.29, 1.82) is 0 Å². The molecule has 5 nitrogen and oxygen atoms in total. The molecule has 0 fully saturated rings. The van der Waals surface area contributed by atoms with Crippen LogP contribution in [-0.4, -0.2) is 31.2 Å². The van der Waals surface area contributed by atoms with Crippen molar-refractivity contribution < 1.29 is 9.18 Å². The molecule has 0 saturated heterocycles. The molecule has 0 aliphatic rings. The summed E-state index contributed by atoms with van der Waals surface area (Å²) in [5, 5.41) is 6.83. The van der Waals surface area contributed by atoms with E-state index in [9.17, 15) is 9.18 Å². The van der Waals surface area contributed by atoms with Crippen molar-refractivity contribution in [2.24, 2.45) is 5.10 Å². The summed E-state index contributed by atoms with van der Waals surface area (Å²) < 4.78 is 12.7. The monoisotopic (exact) mass is 324 g/mol. The number of urea groups is 1. The molecule has 0 aliphatic heterocycles. The van der Waals surface area contributed by atoms with Gasteiger partial charge in [-0.15, -0.1) is 0 Å². The fourth-order valence-corrected chi connectivity index (χ4v) is 1.78. The highest BCUT2D eigenvalue weighted by Gasteiger charge is 2.01. The van der Waals surface area contributed by atoms with E-state index in [4.69, 9.17) is 11.6 Å². The van der Waals surface area contributed by atoms with Gasteiger partial charge in [-0.1, -0.05) is 17.7 Å². The van der Waals surface area contributed by atoms with Crippen molar-refractivity contribution in [3.05, 3.63) is 53.0 Å². The molecule has 0 atom stereocenters. The third-order valence-electron chi connectivity index (χ3n) is 2.43. The fourth-order valence-electron chi connectivity index (χ4n) is 1.43. The van der Waals surface area contributed by atoms with Crippen LogP contribution in [0.3, 0.4) is 0 Å². The Morgan fingerprint density at radius 1 is 1.32 bits per heavy atom. The molecule has 0 aromatic heterocycles. The third kappa shape index (κ3) is 6.41. The van der Waals surface area contributed by atoms with Gasteiger partial charge in [0.1, 0.15) is 5.82 Å². The van der Waals surface area contributed by atoms with Crippen LogP contribution in [0.15, 0.2) is 52.2 Å². The van der Waals surface area contributed by atoms with Gasteiger partial charge in [-0.05, 0) is 31.2 Å². The molecule has 0 heterocycles. The molecule has 0 saturated carbocycles. The zero-order valence-corrected chi connectivity index (χ0v) is 13.4. The summed E-state index contributed by atoms with van der Waals surface area (Å²) in [7, 11) is 3.70. The number of carbonyl (C=O) groups is 1. The van der Waals surface area contributed by atoms with E-state index < -0.39 is 6.03 Å². The number of halogens is 2.